The number of hydrogen-bond donors (Lipinski definition) is 1. The Morgan fingerprint density at radius 3 is 2.75 bits per heavy atom. The Balaban J connectivity index is 2.38. The second-order valence-corrected chi connectivity index (χ2v) is 4.17. The lowest BCUT2D eigenvalue weighted by Crippen LogP contribution is -2.27. The van der Waals surface area contributed by atoms with Crippen LogP contribution in [-0.4, -0.2) is 11.7 Å². The number of ether oxygens (including phenoxy) is 1. The third-order valence-electron chi connectivity index (χ3n) is 2.96. The quantitative estimate of drug-likeness (QED) is 0.833. The molecular formula is C13H15FO2. The zero-order valence-electron chi connectivity index (χ0n) is 9.24. The van der Waals surface area contributed by atoms with Crippen molar-refractivity contribution in [2.45, 2.75) is 25.4 Å². The number of benzene rings is 1. The van der Waals surface area contributed by atoms with Gasteiger partial charge in [-0.15, -0.1) is 0 Å². The van der Waals surface area contributed by atoms with Crippen LogP contribution < -0.4 is 0 Å². The third kappa shape index (κ3) is 1.95. The van der Waals surface area contributed by atoms with Crippen LogP contribution in [0.15, 0.2) is 36.1 Å². The minimum absolute atomic E-state index is 0.298. The zero-order chi connectivity index (χ0) is 11.6. The Bertz CT molecular complexity index is 410. The first kappa shape index (κ1) is 11.1. The molecule has 1 unspecified atom stereocenters. The van der Waals surface area contributed by atoms with Gasteiger partial charge in [-0.25, -0.2) is 4.39 Å². The Kier molecular flexibility index (Phi) is 2.97. The molecule has 0 spiro atoms. The third-order valence-corrected chi connectivity index (χ3v) is 2.96. The summed E-state index contributed by atoms with van der Waals surface area (Å²) in [5.74, 6) is -0.390. The molecule has 2 nitrogen and oxygen atoms in total. The van der Waals surface area contributed by atoms with Gasteiger partial charge in [0.2, 0.25) is 0 Å². The minimum atomic E-state index is -1.29. The lowest BCUT2D eigenvalue weighted by molar-refractivity contribution is 0.0750. The Morgan fingerprint density at radius 2 is 2.12 bits per heavy atom. The molecule has 0 amide bonds. The maximum Gasteiger partial charge on any atom is 0.129 e. The standard InChI is InChI=1S/C13H15FO2/c1-13(15,10-5-4-8-16-9-10)11-6-2-3-7-12(11)14/h2-3,6-7,9,15H,4-5,8H2,1H3. The van der Waals surface area contributed by atoms with E-state index < -0.39 is 5.60 Å². The summed E-state index contributed by atoms with van der Waals surface area (Å²) in [6.07, 6.45) is 3.15. The van der Waals surface area contributed by atoms with Gasteiger partial charge >= 0.3 is 0 Å². The summed E-state index contributed by atoms with van der Waals surface area (Å²) in [5.41, 5.74) is -0.262. The second-order valence-electron chi connectivity index (χ2n) is 4.17. The predicted molar refractivity (Wildman–Crippen MR) is 59.2 cm³/mol. The molecule has 0 fully saturated rings. The SMILES string of the molecule is CC(O)(C1=COCCC1)c1ccccc1F. The molecule has 1 atom stereocenters. The molecule has 1 N–H and O–H groups in total. The van der Waals surface area contributed by atoms with Gasteiger partial charge in [0.15, 0.2) is 0 Å². The molecule has 3 heteroatoms. The molecule has 1 aromatic rings. The smallest absolute Gasteiger partial charge is 0.129 e. The van der Waals surface area contributed by atoms with E-state index >= 15 is 0 Å². The molecule has 0 saturated heterocycles. The van der Waals surface area contributed by atoms with Gasteiger partial charge in [0.25, 0.3) is 0 Å². The highest BCUT2D eigenvalue weighted by atomic mass is 19.1. The van der Waals surface area contributed by atoms with E-state index in [2.05, 4.69) is 0 Å². The van der Waals surface area contributed by atoms with Gasteiger partial charge in [0, 0.05) is 11.1 Å². The second kappa shape index (κ2) is 4.26. The van der Waals surface area contributed by atoms with E-state index in [0.717, 1.165) is 18.4 Å². The summed E-state index contributed by atoms with van der Waals surface area (Å²) < 4.78 is 18.8. The summed E-state index contributed by atoms with van der Waals surface area (Å²) in [5, 5.41) is 10.4. The van der Waals surface area contributed by atoms with Crippen molar-refractivity contribution < 1.29 is 14.2 Å². The van der Waals surface area contributed by atoms with Crippen molar-refractivity contribution in [1.29, 1.82) is 0 Å². The molecule has 1 aromatic carbocycles. The first-order chi connectivity index (χ1) is 7.62. The van der Waals surface area contributed by atoms with Crippen LogP contribution in [0.3, 0.4) is 0 Å². The van der Waals surface area contributed by atoms with Crippen LogP contribution in [0.4, 0.5) is 4.39 Å². The molecule has 1 heterocycles. The van der Waals surface area contributed by atoms with Gasteiger partial charge in [0.05, 0.1) is 12.9 Å². The molecule has 16 heavy (non-hydrogen) atoms. The average molecular weight is 222 g/mol. The molecule has 1 aliphatic heterocycles. The Labute approximate surface area is 94.4 Å². The van der Waals surface area contributed by atoms with Crippen LogP contribution >= 0.6 is 0 Å². The van der Waals surface area contributed by atoms with Gasteiger partial charge < -0.3 is 9.84 Å². The van der Waals surface area contributed by atoms with Crippen LogP contribution in [0.5, 0.6) is 0 Å². The average Bonchev–Trinajstić information content (AvgIpc) is 2.30. The fourth-order valence-corrected chi connectivity index (χ4v) is 1.95. The van der Waals surface area contributed by atoms with Gasteiger partial charge in [-0.05, 0) is 25.8 Å². The molecule has 0 aromatic heterocycles. The van der Waals surface area contributed by atoms with Crippen molar-refractivity contribution in [2.24, 2.45) is 0 Å². The lowest BCUT2D eigenvalue weighted by Gasteiger charge is -2.29. The van der Waals surface area contributed by atoms with Crippen molar-refractivity contribution in [2.75, 3.05) is 6.61 Å². The van der Waals surface area contributed by atoms with Gasteiger partial charge in [-0.2, -0.15) is 0 Å². The molecule has 0 bridgehead atoms. The fraction of sp³-hybridized carbons (Fsp3) is 0.385. The lowest BCUT2D eigenvalue weighted by atomic mass is 9.85. The summed E-state index contributed by atoms with van der Waals surface area (Å²) >= 11 is 0. The number of hydrogen-bond acceptors (Lipinski definition) is 2. The maximum atomic E-state index is 13.6. The highest BCUT2D eigenvalue weighted by Gasteiger charge is 2.31. The summed E-state index contributed by atoms with van der Waals surface area (Å²) in [4.78, 5) is 0. The van der Waals surface area contributed by atoms with Crippen molar-refractivity contribution >= 4 is 0 Å². The molecule has 0 saturated carbocycles. The molecule has 1 aliphatic rings. The van der Waals surface area contributed by atoms with Crippen molar-refractivity contribution in [3.8, 4) is 0 Å². The first-order valence-electron chi connectivity index (χ1n) is 5.41. The van der Waals surface area contributed by atoms with E-state index in [4.69, 9.17) is 4.74 Å². The van der Waals surface area contributed by atoms with Gasteiger partial charge in [-0.3, -0.25) is 0 Å². The van der Waals surface area contributed by atoms with E-state index in [1.807, 2.05) is 0 Å². The van der Waals surface area contributed by atoms with Crippen molar-refractivity contribution in [3.05, 3.63) is 47.5 Å². The van der Waals surface area contributed by atoms with Crippen LogP contribution in [0.25, 0.3) is 0 Å². The molecule has 0 aliphatic carbocycles. The van der Waals surface area contributed by atoms with E-state index in [1.54, 1.807) is 31.4 Å². The molecular weight excluding hydrogens is 207 g/mol. The van der Waals surface area contributed by atoms with Crippen LogP contribution in [0.1, 0.15) is 25.3 Å². The van der Waals surface area contributed by atoms with Crippen molar-refractivity contribution in [1.82, 2.24) is 0 Å². The Morgan fingerprint density at radius 1 is 1.38 bits per heavy atom. The number of rotatable bonds is 2. The topological polar surface area (TPSA) is 29.5 Å². The summed E-state index contributed by atoms with van der Waals surface area (Å²) in [6.45, 7) is 2.27. The van der Waals surface area contributed by atoms with E-state index in [1.165, 1.54) is 6.07 Å². The molecule has 86 valence electrons. The van der Waals surface area contributed by atoms with E-state index in [0.29, 0.717) is 12.2 Å². The van der Waals surface area contributed by atoms with Gasteiger partial charge in [0.1, 0.15) is 11.4 Å². The summed E-state index contributed by atoms with van der Waals surface area (Å²) in [6, 6.07) is 6.29. The molecule has 0 radical (unpaired) electrons. The number of aliphatic hydroxyl groups is 1. The van der Waals surface area contributed by atoms with Crippen LogP contribution in [0, 0.1) is 5.82 Å². The van der Waals surface area contributed by atoms with Crippen molar-refractivity contribution in [3.63, 3.8) is 0 Å². The minimum Gasteiger partial charge on any atom is -0.501 e. The van der Waals surface area contributed by atoms with Crippen LogP contribution in [0.2, 0.25) is 0 Å². The van der Waals surface area contributed by atoms with Gasteiger partial charge in [-0.1, -0.05) is 18.2 Å². The highest BCUT2D eigenvalue weighted by Crippen LogP contribution is 2.34. The first-order valence-corrected chi connectivity index (χ1v) is 5.41. The zero-order valence-corrected chi connectivity index (χ0v) is 9.24. The monoisotopic (exact) mass is 222 g/mol. The van der Waals surface area contributed by atoms with Crippen LogP contribution in [-0.2, 0) is 10.3 Å². The molecule has 2 rings (SSSR count). The summed E-state index contributed by atoms with van der Waals surface area (Å²) in [7, 11) is 0. The number of halogens is 1. The maximum absolute atomic E-state index is 13.6. The normalized spacial score (nSPS) is 19.6. The Hall–Kier alpha value is -1.35. The largest absolute Gasteiger partial charge is 0.501 e. The highest BCUT2D eigenvalue weighted by molar-refractivity contribution is 5.32. The predicted octanol–water partition coefficient (Wildman–Crippen LogP) is 2.73. The van der Waals surface area contributed by atoms with E-state index in [9.17, 15) is 9.50 Å². The fourth-order valence-electron chi connectivity index (χ4n) is 1.95. The van der Waals surface area contributed by atoms with E-state index in [-0.39, 0.29) is 5.82 Å².